The normalized spacial score (nSPS) is 19.8. The second kappa shape index (κ2) is 11.8. The van der Waals surface area contributed by atoms with Gasteiger partial charge in [-0.1, -0.05) is 0 Å². The van der Waals surface area contributed by atoms with E-state index in [0.717, 1.165) is 71.2 Å². The van der Waals surface area contributed by atoms with Gasteiger partial charge >= 0.3 is 0 Å². The van der Waals surface area contributed by atoms with Gasteiger partial charge in [-0.2, -0.15) is 5.10 Å². The number of aromatic nitrogens is 3. The molecule has 4 aromatic rings. The molecule has 1 atom stereocenters. The topological polar surface area (TPSA) is 98.1 Å². The van der Waals surface area contributed by atoms with Gasteiger partial charge in [0.15, 0.2) is 0 Å². The second-order valence-corrected chi connectivity index (χ2v) is 14.2. The van der Waals surface area contributed by atoms with Crippen molar-refractivity contribution in [3.63, 3.8) is 0 Å². The van der Waals surface area contributed by atoms with E-state index in [2.05, 4.69) is 17.6 Å². The van der Waals surface area contributed by atoms with Crippen molar-refractivity contribution < 1.29 is 18.7 Å². The standard InChI is InChI=1S/C36H45FN6O3/c1-22-30-10-9-25(34(44)41-13-5-6-28(38)21-41)20-43(30)39-32(22)31-17-26-16-27(37)18-29(33(26)42(31)19-23-7-8-23)24-11-14-40(15-12-24)35(45)36(2,3)46-4/h9-10,16-18,20,23-24,28H,5-8,11-15,19,21,38H2,1-4H3. The number of methoxy groups -OCH3 is 1. The highest BCUT2D eigenvalue weighted by Gasteiger charge is 2.35. The lowest BCUT2D eigenvalue weighted by Gasteiger charge is -2.36. The van der Waals surface area contributed by atoms with Crippen molar-refractivity contribution in [3.05, 3.63) is 59.0 Å². The SMILES string of the molecule is COC(C)(C)C(=O)N1CCC(c2cc(F)cc3cc(-c4nn5cc(C(=O)N6CCCC(N)C6)ccc5c4C)n(CC4CC4)c23)CC1. The van der Waals surface area contributed by atoms with E-state index in [4.69, 9.17) is 15.6 Å². The summed E-state index contributed by atoms with van der Waals surface area (Å²) < 4.78 is 24.9. The molecule has 10 heteroatoms. The first-order valence-electron chi connectivity index (χ1n) is 16.8. The maximum absolute atomic E-state index is 15.3. The molecule has 3 aromatic heterocycles. The molecule has 46 heavy (non-hydrogen) atoms. The molecule has 0 spiro atoms. The maximum atomic E-state index is 15.3. The van der Waals surface area contributed by atoms with Crippen LogP contribution >= 0.6 is 0 Å². The van der Waals surface area contributed by atoms with Crippen LogP contribution in [0.4, 0.5) is 4.39 Å². The van der Waals surface area contributed by atoms with Crippen molar-refractivity contribution in [1.82, 2.24) is 24.0 Å². The molecule has 2 N–H and O–H groups in total. The van der Waals surface area contributed by atoms with Gasteiger partial charge in [0.2, 0.25) is 0 Å². The fourth-order valence-electron chi connectivity index (χ4n) is 7.45. The lowest BCUT2D eigenvalue weighted by molar-refractivity contribution is -0.152. The van der Waals surface area contributed by atoms with Crippen LogP contribution in [0.5, 0.6) is 0 Å². The number of halogens is 1. The molecular weight excluding hydrogens is 583 g/mol. The van der Waals surface area contributed by atoms with Gasteiger partial charge < -0.3 is 24.8 Å². The number of hydrogen-bond donors (Lipinski definition) is 1. The summed E-state index contributed by atoms with van der Waals surface area (Å²) in [5.41, 5.74) is 11.7. The second-order valence-electron chi connectivity index (χ2n) is 14.2. The molecule has 9 nitrogen and oxygen atoms in total. The van der Waals surface area contributed by atoms with E-state index in [0.29, 0.717) is 37.7 Å². The van der Waals surface area contributed by atoms with Crippen LogP contribution < -0.4 is 5.73 Å². The van der Waals surface area contributed by atoms with Crippen LogP contribution in [0.25, 0.3) is 27.8 Å². The fourth-order valence-corrected chi connectivity index (χ4v) is 7.45. The number of carbonyl (C=O) groups excluding carboxylic acids is 2. The molecule has 3 aliphatic rings. The third kappa shape index (κ3) is 5.59. The molecule has 1 saturated carbocycles. The predicted molar refractivity (Wildman–Crippen MR) is 176 cm³/mol. The Labute approximate surface area is 269 Å². The zero-order chi connectivity index (χ0) is 32.3. The molecule has 2 aliphatic heterocycles. The number of rotatable bonds is 7. The van der Waals surface area contributed by atoms with E-state index in [1.807, 2.05) is 32.6 Å². The van der Waals surface area contributed by atoms with Crippen LogP contribution in [0.1, 0.15) is 79.8 Å². The number of amides is 2. The highest BCUT2D eigenvalue weighted by atomic mass is 19.1. The largest absolute Gasteiger partial charge is 0.369 e. The van der Waals surface area contributed by atoms with Gasteiger partial charge in [-0.3, -0.25) is 9.59 Å². The number of hydrogen-bond acceptors (Lipinski definition) is 5. The summed E-state index contributed by atoms with van der Waals surface area (Å²) in [5, 5.41) is 5.92. The van der Waals surface area contributed by atoms with Gasteiger partial charge in [0.1, 0.15) is 17.1 Å². The van der Waals surface area contributed by atoms with E-state index >= 15 is 4.39 Å². The number of nitrogens with two attached hydrogens (primary N) is 1. The summed E-state index contributed by atoms with van der Waals surface area (Å²) in [6.07, 6.45) is 7.57. The van der Waals surface area contributed by atoms with Gasteiger partial charge in [0.05, 0.1) is 22.3 Å². The molecule has 1 aliphatic carbocycles. The highest BCUT2D eigenvalue weighted by molar-refractivity contribution is 5.95. The van der Waals surface area contributed by atoms with E-state index in [1.165, 1.54) is 12.8 Å². The van der Waals surface area contributed by atoms with Crippen LogP contribution in [0.3, 0.4) is 0 Å². The Morgan fingerprint density at radius 1 is 1.04 bits per heavy atom. The summed E-state index contributed by atoms with van der Waals surface area (Å²) in [6.45, 7) is 9.03. The Bertz CT molecular complexity index is 1810. The molecule has 3 fully saturated rings. The number of aryl methyl sites for hydroxylation is 1. The molecule has 0 bridgehead atoms. The molecule has 5 heterocycles. The Morgan fingerprint density at radius 3 is 2.50 bits per heavy atom. The zero-order valence-electron chi connectivity index (χ0n) is 27.4. The minimum Gasteiger partial charge on any atom is -0.369 e. The smallest absolute Gasteiger partial charge is 0.255 e. The summed E-state index contributed by atoms with van der Waals surface area (Å²) in [4.78, 5) is 30.1. The molecule has 1 aromatic carbocycles. The van der Waals surface area contributed by atoms with Gasteiger partial charge in [-0.25, -0.2) is 8.91 Å². The lowest BCUT2D eigenvalue weighted by atomic mass is 9.87. The number of ether oxygens (including phenoxy) is 1. The van der Waals surface area contributed by atoms with Gasteiger partial charge in [-0.05, 0) is 107 Å². The molecule has 2 amide bonds. The average molecular weight is 629 g/mol. The summed E-state index contributed by atoms with van der Waals surface area (Å²) in [5.74, 6) is 0.439. The first-order chi connectivity index (χ1) is 22.0. The van der Waals surface area contributed by atoms with Crippen LogP contribution in [0.15, 0.2) is 36.5 Å². The summed E-state index contributed by atoms with van der Waals surface area (Å²) >= 11 is 0. The molecule has 1 unspecified atom stereocenters. The molecule has 7 rings (SSSR count). The van der Waals surface area contributed by atoms with Crippen molar-refractivity contribution in [2.45, 2.75) is 83.4 Å². The first-order valence-corrected chi connectivity index (χ1v) is 16.8. The van der Waals surface area contributed by atoms with Crippen LogP contribution in [0.2, 0.25) is 0 Å². The Hall–Kier alpha value is -3.76. The molecule has 244 valence electrons. The Kier molecular flexibility index (Phi) is 7.92. The Morgan fingerprint density at radius 2 is 1.80 bits per heavy atom. The van der Waals surface area contributed by atoms with Crippen LogP contribution in [-0.2, 0) is 16.1 Å². The molecule has 2 saturated heterocycles. The quantitative estimate of drug-likeness (QED) is 0.291. The molecular formula is C36H45FN6O3. The van der Waals surface area contributed by atoms with Gasteiger partial charge in [-0.15, -0.1) is 0 Å². The minimum absolute atomic E-state index is 0.0103. The first kappa shape index (κ1) is 30.9. The van der Waals surface area contributed by atoms with E-state index in [9.17, 15) is 9.59 Å². The third-order valence-corrected chi connectivity index (χ3v) is 10.5. The van der Waals surface area contributed by atoms with Crippen molar-refractivity contribution in [1.29, 1.82) is 0 Å². The van der Waals surface area contributed by atoms with E-state index in [1.54, 1.807) is 33.1 Å². The number of fused-ring (bicyclic) bond motifs is 2. The van der Waals surface area contributed by atoms with E-state index < -0.39 is 5.60 Å². The zero-order valence-corrected chi connectivity index (χ0v) is 27.4. The van der Waals surface area contributed by atoms with Crippen molar-refractivity contribution in [3.8, 4) is 11.4 Å². The predicted octanol–water partition coefficient (Wildman–Crippen LogP) is 5.51. The number of carbonyl (C=O) groups is 2. The minimum atomic E-state index is -0.867. The highest BCUT2D eigenvalue weighted by Crippen LogP contribution is 2.41. The van der Waals surface area contributed by atoms with Crippen molar-refractivity contribution in [2.75, 3.05) is 33.3 Å². The molecule has 0 radical (unpaired) electrons. The van der Waals surface area contributed by atoms with Crippen LogP contribution in [0, 0.1) is 18.7 Å². The number of pyridine rings is 1. The number of likely N-dealkylation sites (tertiary alicyclic amines) is 2. The third-order valence-electron chi connectivity index (χ3n) is 10.5. The fraction of sp³-hybridized carbons (Fsp3) is 0.528. The number of nitrogens with zero attached hydrogens (tertiary/aromatic N) is 5. The Balaban J connectivity index is 1.25. The monoisotopic (exact) mass is 628 g/mol. The van der Waals surface area contributed by atoms with Crippen molar-refractivity contribution in [2.24, 2.45) is 11.7 Å². The summed E-state index contributed by atoms with van der Waals surface area (Å²) in [6, 6.07) is 9.30. The van der Waals surface area contributed by atoms with Crippen molar-refractivity contribution >= 4 is 28.2 Å². The van der Waals surface area contributed by atoms with Crippen LogP contribution in [-0.4, -0.2) is 80.7 Å². The summed E-state index contributed by atoms with van der Waals surface area (Å²) in [7, 11) is 1.56. The van der Waals surface area contributed by atoms with Gasteiger partial charge in [0, 0.05) is 63.0 Å². The maximum Gasteiger partial charge on any atom is 0.255 e. The van der Waals surface area contributed by atoms with E-state index in [-0.39, 0.29) is 29.6 Å². The van der Waals surface area contributed by atoms with Gasteiger partial charge in [0.25, 0.3) is 11.8 Å². The lowest BCUT2D eigenvalue weighted by Crippen LogP contribution is -2.49. The number of piperidine rings is 2. The number of benzene rings is 1. The average Bonchev–Trinajstić information content (AvgIpc) is 3.73.